The molecule has 0 bridgehead atoms. The van der Waals surface area contributed by atoms with Crippen molar-refractivity contribution >= 4 is 40.7 Å². The molecule has 0 aliphatic carbocycles. The Labute approximate surface area is 189 Å². The van der Waals surface area contributed by atoms with E-state index in [4.69, 9.17) is 5.73 Å². The van der Waals surface area contributed by atoms with Gasteiger partial charge in [0.2, 0.25) is 18.0 Å². The quantitative estimate of drug-likeness (QED) is 0.470. The van der Waals surface area contributed by atoms with Gasteiger partial charge in [0, 0.05) is 36.4 Å². The number of carboxylic acid groups (broad SMARTS) is 1. The van der Waals surface area contributed by atoms with Crippen LogP contribution >= 0.6 is 0 Å². The number of hydrogen-bond acceptors (Lipinski definition) is 5. The van der Waals surface area contributed by atoms with Crippen molar-refractivity contribution in [1.82, 2.24) is 9.80 Å². The van der Waals surface area contributed by atoms with Gasteiger partial charge in [0.25, 0.3) is 11.8 Å². The van der Waals surface area contributed by atoms with E-state index in [-0.39, 0.29) is 36.0 Å². The summed E-state index contributed by atoms with van der Waals surface area (Å²) in [6, 6.07) is 8.58. The van der Waals surface area contributed by atoms with Crippen molar-refractivity contribution in [3.63, 3.8) is 0 Å². The van der Waals surface area contributed by atoms with Crippen LogP contribution in [-0.2, 0) is 25.7 Å². The van der Waals surface area contributed by atoms with E-state index in [0.717, 1.165) is 16.5 Å². The molecule has 1 aromatic heterocycles. The fourth-order valence-corrected chi connectivity index (χ4v) is 5.36. The lowest BCUT2D eigenvalue weighted by molar-refractivity contribution is -0.658. The van der Waals surface area contributed by atoms with E-state index < -0.39 is 17.9 Å². The highest BCUT2D eigenvalue weighted by molar-refractivity contribution is 6.02. The van der Waals surface area contributed by atoms with Crippen LogP contribution in [0.2, 0.25) is 0 Å². The summed E-state index contributed by atoms with van der Waals surface area (Å²) in [6.45, 7) is 1.84. The van der Waals surface area contributed by atoms with Crippen LogP contribution in [0.4, 0.5) is 0 Å². The SMILES string of the molecule is CC(=O)N1C[C@H]2CC(/C=C/c3cc4ccccc4[n+](CC(N)=O)c3)=C(C(=O)[O-])N3C(=O)[C@@H]1[C@@H]23. The zero-order chi connectivity index (χ0) is 23.4. The molecule has 33 heavy (non-hydrogen) atoms. The number of carbonyl (C=O) groups excluding carboxylic acids is 4. The molecule has 3 atom stereocenters. The second-order valence-corrected chi connectivity index (χ2v) is 8.70. The monoisotopic (exact) mass is 446 g/mol. The van der Waals surface area contributed by atoms with Gasteiger partial charge >= 0.3 is 0 Å². The molecule has 2 fully saturated rings. The molecule has 2 N–H and O–H groups in total. The number of likely N-dealkylation sites (tertiary alicyclic amines) is 1. The maximum atomic E-state index is 12.7. The summed E-state index contributed by atoms with van der Waals surface area (Å²) in [5, 5.41) is 12.9. The summed E-state index contributed by atoms with van der Waals surface area (Å²) < 4.78 is 1.74. The van der Waals surface area contributed by atoms with Gasteiger partial charge in [-0.25, -0.2) is 0 Å². The zero-order valence-corrected chi connectivity index (χ0v) is 17.9. The minimum Gasteiger partial charge on any atom is -0.543 e. The number of β-lactam (4-membered cyclic amide) rings is 1. The number of allylic oxidation sites excluding steroid dienone is 2. The highest BCUT2D eigenvalue weighted by Crippen LogP contribution is 2.47. The molecule has 2 aromatic rings. The van der Waals surface area contributed by atoms with E-state index in [1.165, 1.54) is 16.7 Å². The van der Waals surface area contributed by atoms with Crippen LogP contribution < -0.4 is 15.4 Å². The lowest BCUT2D eigenvalue weighted by Gasteiger charge is -2.50. The number of primary amides is 1. The first kappa shape index (κ1) is 20.9. The van der Waals surface area contributed by atoms with Crippen LogP contribution in [0.1, 0.15) is 18.9 Å². The van der Waals surface area contributed by atoms with Gasteiger partial charge in [-0.3, -0.25) is 14.4 Å². The first-order valence-corrected chi connectivity index (χ1v) is 10.7. The van der Waals surface area contributed by atoms with Gasteiger partial charge in [0.1, 0.15) is 6.04 Å². The Bertz CT molecular complexity index is 1300. The number of para-hydroxylation sites is 1. The second-order valence-electron chi connectivity index (χ2n) is 8.70. The smallest absolute Gasteiger partial charge is 0.283 e. The van der Waals surface area contributed by atoms with Crippen LogP contribution in [0.3, 0.4) is 0 Å². The van der Waals surface area contributed by atoms with Crippen molar-refractivity contribution in [2.45, 2.75) is 32.0 Å². The number of pyridine rings is 1. The third-order valence-corrected chi connectivity index (χ3v) is 6.66. The van der Waals surface area contributed by atoms with Gasteiger partial charge in [-0.2, -0.15) is 4.57 Å². The number of nitrogens with zero attached hydrogens (tertiary/aromatic N) is 3. The third kappa shape index (κ3) is 3.27. The van der Waals surface area contributed by atoms with E-state index in [1.807, 2.05) is 30.3 Å². The van der Waals surface area contributed by atoms with Crippen LogP contribution in [0, 0.1) is 5.92 Å². The van der Waals surface area contributed by atoms with Gasteiger partial charge < -0.3 is 25.4 Å². The van der Waals surface area contributed by atoms with Crippen LogP contribution in [0.25, 0.3) is 17.0 Å². The number of carboxylic acids is 1. The van der Waals surface area contributed by atoms with Crippen LogP contribution in [-0.4, -0.2) is 52.1 Å². The number of rotatable bonds is 5. The number of hydrogen-bond donors (Lipinski definition) is 1. The maximum absolute atomic E-state index is 12.7. The molecule has 9 nitrogen and oxygen atoms in total. The Kier molecular flexibility index (Phi) is 4.77. The largest absolute Gasteiger partial charge is 0.543 e. The molecule has 3 aliphatic rings. The molecule has 4 heterocycles. The predicted octanol–water partition coefficient (Wildman–Crippen LogP) is -0.909. The lowest BCUT2D eigenvalue weighted by atomic mass is 9.79. The van der Waals surface area contributed by atoms with Crippen molar-refractivity contribution < 1.29 is 28.9 Å². The minimum atomic E-state index is -1.41. The van der Waals surface area contributed by atoms with Gasteiger partial charge in [-0.1, -0.05) is 18.2 Å². The van der Waals surface area contributed by atoms with E-state index in [0.29, 0.717) is 18.5 Å². The van der Waals surface area contributed by atoms with E-state index in [2.05, 4.69) is 0 Å². The topological polar surface area (TPSA) is 128 Å². The van der Waals surface area contributed by atoms with Crippen molar-refractivity contribution in [2.75, 3.05) is 6.54 Å². The van der Waals surface area contributed by atoms with Crippen molar-refractivity contribution in [3.05, 3.63) is 59.4 Å². The summed E-state index contributed by atoms with van der Waals surface area (Å²) in [4.78, 5) is 51.0. The van der Waals surface area contributed by atoms with Crippen molar-refractivity contribution in [3.8, 4) is 0 Å². The van der Waals surface area contributed by atoms with Gasteiger partial charge in [-0.15, -0.1) is 0 Å². The average molecular weight is 446 g/mol. The summed E-state index contributed by atoms with van der Waals surface area (Å²) >= 11 is 0. The molecule has 3 aliphatic heterocycles. The van der Waals surface area contributed by atoms with Gasteiger partial charge in [0.05, 0.1) is 17.7 Å². The van der Waals surface area contributed by atoms with Crippen molar-refractivity contribution in [1.29, 1.82) is 0 Å². The lowest BCUT2D eigenvalue weighted by Crippen LogP contribution is -2.69. The number of amides is 3. The molecule has 5 rings (SSSR count). The van der Waals surface area contributed by atoms with Crippen LogP contribution in [0.5, 0.6) is 0 Å². The molecule has 0 unspecified atom stereocenters. The normalized spacial score (nSPS) is 23.8. The highest BCUT2D eigenvalue weighted by atomic mass is 16.4. The number of benzene rings is 1. The fraction of sp³-hybridized carbons (Fsp3) is 0.292. The number of aliphatic carboxylic acids is 1. The molecule has 0 radical (unpaired) electrons. The molecule has 1 aromatic carbocycles. The maximum Gasteiger partial charge on any atom is 0.283 e. The standard InChI is InChI=1S/C24H22N4O5/c1-13(29)27-11-17-9-16(21(24(32)33)28-20(17)22(27)23(28)31)7-6-14-8-15-4-2-3-5-18(15)26(10-14)12-19(25)30/h2-8,10,17,20,22H,9,11-12H2,1H3,(H2-,25,30,32,33)/b7-6+/t17-,20-,22+/m1/s1. The van der Waals surface area contributed by atoms with Gasteiger partial charge in [0.15, 0.2) is 6.20 Å². The third-order valence-electron chi connectivity index (χ3n) is 6.66. The Morgan fingerprint density at radius 3 is 2.70 bits per heavy atom. The molecular formula is C24H22N4O5. The summed E-state index contributed by atoms with van der Waals surface area (Å²) in [5.41, 5.74) is 7.33. The number of nitrogens with two attached hydrogens (primary N) is 1. The molecule has 2 saturated heterocycles. The first-order chi connectivity index (χ1) is 15.8. The number of fused-ring (bicyclic) bond motifs is 1. The molecular weight excluding hydrogens is 424 g/mol. The van der Waals surface area contributed by atoms with E-state index in [1.54, 1.807) is 22.9 Å². The predicted molar refractivity (Wildman–Crippen MR) is 114 cm³/mol. The summed E-state index contributed by atoms with van der Waals surface area (Å²) in [5.74, 6) is -2.50. The fourth-order valence-electron chi connectivity index (χ4n) is 5.36. The average Bonchev–Trinajstić information content (AvgIpc) is 3.13. The second kappa shape index (κ2) is 7.54. The zero-order valence-electron chi connectivity index (χ0n) is 17.9. The molecule has 9 heteroatoms. The molecule has 3 amide bonds. The van der Waals surface area contributed by atoms with E-state index in [9.17, 15) is 24.3 Å². The Morgan fingerprint density at radius 1 is 1.24 bits per heavy atom. The summed E-state index contributed by atoms with van der Waals surface area (Å²) in [6.07, 6.45) is 5.62. The molecule has 0 spiro atoms. The highest BCUT2D eigenvalue weighted by Gasteiger charge is 2.62. The van der Waals surface area contributed by atoms with E-state index >= 15 is 0 Å². The Hall–Kier alpha value is -4.01. The summed E-state index contributed by atoms with van der Waals surface area (Å²) in [7, 11) is 0. The molecule has 0 saturated carbocycles. The number of aromatic nitrogens is 1. The van der Waals surface area contributed by atoms with Crippen LogP contribution in [0.15, 0.2) is 53.9 Å². The minimum absolute atomic E-state index is 0.00346. The Balaban J connectivity index is 1.53. The van der Waals surface area contributed by atoms with Crippen molar-refractivity contribution in [2.24, 2.45) is 11.7 Å². The first-order valence-electron chi connectivity index (χ1n) is 10.7. The Morgan fingerprint density at radius 2 is 2.00 bits per heavy atom. The van der Waals surface area contributed by atoms with Gasteiger partial charge in [-0.05, 0) is 30.2 Å². The molecule has 168 valence electrons. The number of carbonyl (C=O) groups is 4.